The first-order chi connectivity index (χ1) is 44.2. The van der Waals surface area contributed by atoms with Gasteiger partial charge in [0, 0.05) is 25.7 Å². The first-order valence-electron chi connectivity index (χ1n) is 37.2. The number of aliphatic hydroxyl groups is 1. The predicted octanol–water partition coefficient (Wildman–Crippen LogP) is 20.6. The standard InChI is InChI=1S/C73H138O17P2/c1-8-9-10-11-12-13-14-15-17-21-24-27-32-42-49-56-72(77)89-68(60-83-70(75)54-47-40-34-29-31-38-45-52-65(4)5)62-87-91(79,80)85-58-67(74)59-86-92(81,82)88-63-69(61-84-71(76)55-48-41-36-35-39-46-53-66(6)7)90-73(78)57-50-43-33-28-25-22-19-16-18-20-23-26-30-37-44-51-64(2)3/h13-15,17,64-69,74H,8-12,16,18-63H2,1-7H3,(H,79,80)(H,81,82)/b14-13-,17-15-/t67?,68-,69-/m1/s1. The highest BCUT2D eigenvalue weighted by Gasteiger charge is 2.30. The van der Waals surface area contributed by atoms with E-state index in [0.717, 1.165) is 121 Å². The van der Waals surface area contributed by atoms with Crippen molar-refractivity contribution >= 4 is 39.5 Å². The van der Waals surface area contributed by atoms with Crippen LogP contribution >= 0.6 is 15.6 Å². The lowest BCUT2D eigenvalue weighted by Crippen LogP contribution is -2.30. The van der Waals surface area contributed by atoms with E-state index in [-0.39, 0.29) is 25.7 Å². The largest absolute Gasteiger partial charge is 0.472 e. The Morgan fingerprint density at radius 2 is 0.587 bits per heavy atom. The molecule has 0 saturated heterocycles. The summed E-state index contributed by atoms with van der Waals surface area (Å²) >= 11 is 0. The van der Waals surface area contributed by atoms with Crippen molar-refractivity contribution in [1.82, 2.24) is 0 Å². The molecule has 0 saturated carbocycles. The molecular formula is C73H138O17P2. The third kappa shape index (κ3) is 66.2. The number of carbonyl (C=O) groups is 4. The molecule has 5 atom stereocenters. The van der Waals surface area contributed by atoms with Crippen molar-refractivity contribution in [3.05, 3.63) is 24.3 Å². The van der Waals surface area contributed by atoms with Crippen LogP contribution in [0, 0.1) is 17.8 Å². The van der Waals surface area contributed by atoms with Crippen LogP contribution in [0.2, 0.25) is 0 Å². The molecule has 0 amide bonds. The fourth-order valence-corrected chi connectivity index (χ4v) is 12.1. The maximum absolute atomic E-state index is 13.0. The van der Waals surface area contributed by atoms with Gasteiger partial charge >= 0.3 is 39.5 Å². The van der Waals surface area contributed by atoms with Crippen molar-refractivity contribution in [2.24, 2.45) is 17.8 Å². The Bertz CT molecular complexity index is 1890. The molecule has 0 aliphatic carbocycles. The summed E-state index contributed by atoms with van der Waals surface area (Å²) in [7, 11) is -9.92. The van der Waals surface area contributed by atoms with E-state index < -0.39 is 97.5 Å². The fraction of sp³-hybridized carbons (Fsp3) is 0.890. The summed E-state index contributed by atoms with van der Waals surface area (Å²) < 4.78 is 68.3. The fourth-order valence-electron chi connectivity index (χ4n) is 10.5. The van der Waals surface area contributed by atoms with Gasteiger partial charge in [0.2, 0.25) is 0 Å². The van der Waals surface area contributed by atoms with Gasteiger partial charge in [0.05, 0.1) is 26.4 Å². The summed E-state index contributed by atoms with van der Waals surface area (Å²) in [4.78, 5) is 72.6. The Kier molecular flexibility index (Phi) is 61.6. The smallest absolute Gasteiger partial charge is 0.462 e. The SMILES string of the molecule is CCCCCC/C=C\C=C/CCCCCCCC(=O)O[C@H](COC(=O)CCCCCCCCCC(C)C)COP(=O)(O)OCC(O)COP(=O)(O)OC[C@@H](COC(=O)CCCCCCCCC(C)C)OC(=O)CCCCCCCCCCCCCCCCCC(C)C. The lowest BCUT2D eigenvalue weighted by molar-refractivity contribution is -0.161. The number of rotatable bonds is 69. The van der Waals surface area contributed by atoms with Crippen LogP contribution < -0.4 is 0 Å². The van der Waals surface area contributed by atoms with Crippen LogP contribution in [0.15, 0.2) is 24.3 Å². The zero-order valence-corrected chi connectivity index (χ0v) is 61.3. The van der Waals surface area contributed by atoms with E-state index in [1.165, 1.54) is 128 Å². The van der Waals surface area contributed by atoms with E-state index in [9.17, 15) is 43.2 Å². The summed E-state index contributed by atoms with van der Waals surface area (Å²) in [5.41, 5.74) is 0. The topological polar surface area (TPSA) is 237 Å². The van der Waals surface area contributed by atoms with Gasteiger partial charge in [0.15, 0.2) is 12.2 Å². The highest BCUT2D eigenvalue weighted by molar-refractivity contribution is 7.47. The molecular weight excluding hydrogens is 1210 g/mol. The van der Waals surface area contributed by atoms with Crippen LogP contribution in [0.25, 0.3) is 0 Å². The molecule has 3 N–H and O–H groups in total. The Labute approximate surface area is 561 Å². The normalized spacial score (nSPS) is 14.3. The Morgan fingerprint density at radius 1 is 0.337 bits per heavy atom. The van der Waals surface area contributed by atoms with Crippen LogP contribution in [-0.4, -0.2) is 96.7 Å². The Hall–Kier alpha value is -2.46. The van der Waals surface area contributed by atoms with Gasteiger partial charge in [-0.3, -0.25) is 37.3 Å². The third-order valence-electron chi connectivity index (χ3n) is 16.3. The molecule has 19 heteroatoms. The van der Waals surface area contributed by atoms with Crippen molar-refractivity contribution in [2.75, 3.05) is 39.6 Å². The van der Waals surface area contributed by atoms with Crippen LogP contribution in [0.5, 0.6) is 0 Å². The number of carbonyl (C=O) groups excluding carboxylic acids is 4. The minimum atomic E-state index is -4.96. The molecule has 0 aromatic heterocycles. The van der Waals surface area contributed by atoms with Crippen molar-refractivity contribution in [3.8, 4) is 0 Å². The van der Waals surface area contributed by atoms with Gasteiger partial charge in [-0.25, -0.2) is 9.13 Å². The molecule has 0 aromatic carbocycles. The van der Waals surface area contributed by atoms with E-state index in [2.05, 4.69) is 72.8 Å². The summed E-state index contributed by atoms with van der Waals surface area (Å²) in [6.45, 7) is 11.7. The second-order valence-corrected chi connectivity index (χ2v) is 30.0. The number of hydrogen-bond donors (Lipinski definition) is 3. The molecule has 0 spiro atoms. The molecule has 542 valence electrons. The average molecular weight is 1350 g/mol. The van der Waals surface area contributed by atoms with Gasteiger partial charge < -0.3 is 33.8 Å². The molecule has 0 heterocycles. The maximum Gasteiger partial charge on any atom is 0.472 e. The van der Waals surface area contributed by atoms with E-state index >= 15 is 0 Å². The van der Waals surface area contributed by atoms with Crippen LogP contribution in [0.3, 0.4) is 0 Å². The molecule has 17 nitrogen and oxygen atoms in total. The lowest BCUT2D eigenvalue weighted by Gasteiger charge is -2.21. The molecule has 0 fully saturated rings. The first-order valence-corrected chi connectivity index (χ1v) is 40.2. The Balaban J connectivity index is 5.24. The first kappa shape index (κ1) is 89.5. The average Bonchev–Trinajstić information content (AvgIpc) is 3.48. The molecule has 0 aromatic rings. The van der Waals surface area contributed by atoms with Gasteiger partial charge in [0.1, 0.15) is 19.3 Å². The number of allylic oxidation sites excluding steroid dienone is 4. The zero-order chi connectivity index (χ0) is 68.0. The number of phosphoric ester groups is 2. The zero-order valence-electron chi connectivity index (χ0n) is 59.5. The minimum absolute atomic E-state index is 0.0838. The molecule has 92 heavy (non-hydrogen) atoms. The quantitative estimate of drug-likeness (QED) is 0.0169. The summed E-state index contributed by atoms with van der Waals surface area (Å²) in [6, 6.07) is 0. The summed E-state index contributed by atoms with van der Waals surface area (Å²) in [5, 5.41) is 10.6. The predicted molar refractivity (Wildman–Crippen MR) is 372 cm³/mol. The van der Waals surface area contributed by atoms with Crippen LogP contribution in [-0.2, 0) is 65.4 Å². The summed E-state index contributed by atoms with van der Waals surface area (Å²) in [6.07, 6.45) is 51.1. The van der Waals surface area contributed by atoms with Crippen LogP contribution in [0.1, 0.15) is 344 Å². The van der Waals surface area contributed by atoms with Crippen molar-refractivity contribution < 1.29 is 80.2 Å². The number of phosphoric acid groups is 2. The van der Waals surface area contributed by atoms with Crippen molar-refractivity contribution in [1.29, 1.82) is 0 Å². The second-order valence-electron chi connectivity index (χ2n) is 27.1. The van der Waals surface area contributed by atoms with E-state index in [4.69, 9.17) is 37.0 Å². The lowest BCUT2D eigenvalue weighted by atomic mass is 10.0. The summed E-state index contributed by atoms with van der Waals surface area (Å²) in [5.74, 6) is 0.0243. The second kappa shape index (κ2) is 63.3. The number of ether oxygens (including phenoxy) is 4. The highest BCUT2D eigenvalue weighted by Crippen LogP contribution is 2.45. The monoisotopic (exact) mass is 1350 g/mol. The van der Waals surface area contributed by atoms with Crippen LogP contribution in [0.4, 0.5) is 0 Å². The van der Waals surface area contributed by atoms with Gasteiger partial charge in [-0.15, -0.1) is 0 Å². The molecule has 0 aliphatic rings. The molecule has 3 unspecified atom stereocenters. The van der Waals surface area contributed by atoms with E-state index in [1.54, 1.807) is 0 Å². The van der Waals surface area contributed by atoms with E-state index in [1.807, 2.05) is 0 Å². The molecule has 0 bridgehead atoms. The number of unbranched alkanes of at least 4 members (excludes halogenated alkanes) is 34. The third-order valence-corrected chi connectivity index (χ3v) is 18.2. The van der Waals surface area contributed by atoms with E-state index in [0.29, 0.717) is 37.5 Å². The minimum Gasteiger partial charge on any atom is -0.462 e. The Morgan fingerprint density at radius 3 is 0.880 bits per heavy atom. The van der Waals surface area contributed by atoms with Gasteiger partial charge in [0.25, 0.3) is 0 Å². The number of aliphatic hydroxyl groups excluding tert-OH is 1. The molecule has 0 rings (SSSR count). The van der Waals surface area contributed by atoms with Gasteiger partial charge in [-0.05, 0) is 69.1 Å². The van der Waals surface area contributed by atoms with Crippen molar-refractivity contribution in [2.45, 2.75) is 362 Å². The highest BCUT2D eigenvalue weighted by atomic mass is 31.2. The van der Waals surface area contributed by atoms with Gasteiger partial charge in [-0.2, -0.15) is 0 Å². The van der Waals surface area contributed by atoms with Gasteiger partial charge in [-0.1, -0.05) is 291 Å². The molecule has 0 radical (unpaired) electrons. The molecule has 0 aliphatic heterocycles. The maximum atomic E-state index is 13.0. The van der Waals surface area contributed by atoms with Crippen molar-refractivity contribution in [3.63, 3.8) is 0 Å². The number of hydrogen-bond acceptors (Lipinski definition) is 15. The number of esters is 4.